The molecule has 0 atom stereocenters. The predicted molar refractivity (Wildman–Crippen MR) is 76.0 cm³/mol. The van der Waals surface area contributed by atoms with E-state index in [-0.39, 0.29) is 17.3 Å². The number of rotatable bonds is 3. The molecule has 0 saturated heterocycles. The SMILES string of the molecule is Cc1ccc(C(=O)NC2(c3ccc(F)cc3)CC2)cc1. The van der Waals surface area contributed by atoms with Gasteiger partial charge in [-0.15, -0.1) is 0 Å². The second kappa shape index (κ2) is 4.75. The van der Waals surface area contributed by atoms with Gasteiger partial charge in [0.1, 0.15) is 5.82 Å². The number of amides is 1. The van der Waals surface area contributed by atoms with Crippen molar-refractivity contribution in [3.05, 3.63) is 71.0 Å². The third-order valence-electron chi connectivity index (χ3n) is 3.81. The Morgan fingerprint density at radius 3 is 2.20 bits per heavy atom. The summed E-state index contributed by atoms with van der Waals surface area (Å²) >= 11 is 0. The third kappa shape index (κ3) is 2.44. The van der Waals surface area contributed by atoms with Crippen LogP contribution in [-0.2, 0) is 5.54 Å². The average Bonchev–Trinajstić information content (AvgIpc) is 3.21. The van der Waals surface area contributed by atoms with E-state index in [9.17, 15) is 9.18 Å². The summed E-state index contributed by atoms with van der Waals surface area (Å²) in [4.78, 5) is 12.3. The quantitative estimate of drug-likeness (QED) is 0.907. The number of aryl methyl sites for hydroxylation is 1. The lowest BCUT2D eigenvalue weighted by Crippen LogP contribution is -2.34. The van der Waals surface area contributed by atoms with Gasteiger partial charge in [-0.25, -0.2) is 4.39 Å². The summed E-state index contributed by atoms with van der Waals surface area (Å²) in [7, 11) is 0. The van der Waals surface area contributed by atoms with Crippen molar-refractivity contribution >= 4 is 5.91 Å². The van der Waals surface area contributed by atoms with E-state index in [2.05, 4.69) is 5.32 Å². The Morgan fingerprint density at radius 2 is 1.65 bits per heavy atom. The van der Waals surface area contributed by atoms with E-state index in [0.29, 0.717) is 5.56 Å². The minimum Gasteiger partial charge on any atom is -0.343 e. The summed E-state index contributed by atoms with van der Waals surface area (Å²) in [6.07, 6.45) is 1.80. The van der Waals surface area contributed by atoms with Crippen LogP contribution in [0.3, 0.4) is 0 Å². The van der Waals surface area contributed by atoms with Gasteiger partial charge in [0.25, 0.3) is 5.91 Å². The topological polar surface area (TPSA) is 29.1 Å². The second-order valence-corrected chi connectivity index (χ2v) is 5.41. The van der Waals surface area contributed by atoms with Gasteiger partial charge in [0.2, 0.25) is 0 Å². The number of carbonyl (C=O) groups is 1. The van der Waals surface area contributed by atoms with Gasteiger partial charge < -0.3 is 5.32 Å². The number of nitrogens with one attached hydrogen (secondary N) is 1. The molecule has 2 nitrogen and oxygen atoms in total. The highest BCUT2D eigenvalue weighted by Crippen LogP contribution is 2.45. The van der Waals surface area contributed by atoms with Crippen molar-refractivity contribution in [3.63, 3.8) is 0 Å². The van der Waals surface area contributed by atoms with Gasteiger partial charge in [0.15, 0.2) is 0 Å². The van der Waals surface area contributed by atoms with E-state index < -0.39 is 0 Å². The maximum atomic E-state index is 13.0. The first-order chi connectivity index (χ1) is 9.59. The van der Waals surface area contributed by atoms with Gasteiger partial charge in [-0.3, -0.25) is 4.79 Å². The lowest BCUT2D eigenvalue weighted by molar-refractivity contribution is 0.0931. The van der Waals surface area contributed by atoms with Crippen molar-refractivity contribution in [3.8, 4) is 0 Å². The smallest absolute Gasteiger partial charge is 0.251 e. The van der Waals surface area contributed by atoms with Crippen LogP contribution in [0.2, 0.25) is 0 Å². The summed E-state index contributed by atoms with van der Waals surface area (Å²) in [5, 5.41) is 3.08. The Morgan fingerprint density at radius 1 is 1.05 bits per heavy atom. The molecule has 1 saturated carbocycles. The van der Waals surface area contributed by atoms with E-state index in [1.807, 2.05) is 31.2 Å². The highest BCUT2D eigenvalue weighted by Gasteiger charge is 2.45. The van der Waals surface area contributed by atoms with E-state index in [1.54, 1.807) is 12.1 Å². The van der Waals surface area contributed by atoms with Crippen molar-refractivity contribution in [2.75, 3.05) is 0 Å². The molecule has 0 aromatic heterocycles. The molecule has 0 radical (unpaired) electrons. The van der Waals surface area contributed by atoms with Crippen LogP contribution in [0.4, 0.5) is 4.39 Å². The summed E-state index contributed by atoms with van der Waals surface area (Å²) < 4.78 is 13.0. The van der Waals surface area contributed by atoms with Crippen molar-refractivity contribution in [2.24, 2.45) is 0 Å². The lowest BCUT2D eigenvalue weighted by atomic mass is 10.0. The standard InChI is InChI=1S/C17H16FNO/c1-12-2-4-13(5-3-12)16(20)19-17(10-11-17)14-6-8-15(18)9-7-14/h2-9H,10-11H2,1H3,(H,19,20). The molecule has 1 aliphatic carbocycles. The van der Waals surface area contributed by atoms with Crippen molar-refractivity contribution < 1.29 is 9.18 Å². The average molecular weight is 269 g/mol. The number of hydrogen-bond donors (Lipinski definition) is 1. The summed E-state index contributed by atoms with van der Waals surface area (Å²) in [5.74, 6) is -0.332. The zero-order valence-corrected chi connectivity index (χ0v) is 11.3. The first-order valence-electron chi connectivity index (χ1n) is 6.74. The van der Waals surface area contributed by atoms with Gasteiger partial charge in [0, 0.05) is 5.56 Å². The van der Waals surface area contributed by atoms with Crippen LogP contribution in [0.25, 0.3) is 0 Å². The highest BCUT2D eigenvalue weighted by molar-refractivity contribution is 5.95. The molecule has 20 heavy (non-hydrogen) atoms. The molecule has 2 aromatic rings. The maximum Gasteiger partial charge on any atom is 0.251 e. The number of hydrogen-bond acceptors (Lipinski definition) is 1. The van der Waals surface area contributed by atoms with Crippen molar-refractivity contribution in [1.82, 2.24) is 5.32 Å². The number of halogens is 1. The third-order valence-corrected chi connectivity index (χ3v) is 3.81. The minimum atomic E-state index is -0.310. The van der Waals surface area contributed by atoms with Crippen molar-refractivity contribution in [1.29, 1.82) is 0 Å². The largest absolute Gasteiger partial charge is 0.343 e. The van der Waals surface area contributed by atoms with Gasteiger partial charge >= 0.3 is 0 Å². The highest BCUT2D eigenvalue weighted by atomic mass is 19.1. The zero-order valence-electron chi connectivity index (χ0n) is 11.3. The monoisotopic (exact) mass is 269 g/mol. The molecule has 0 spiro atoms. The minimum absolute atomic E-state index is 0.0770. The molecule has 0 aliphatic heterocycles. The Balaban J connectivity index is 1.78. The van der Waals surface area contributed by atoms with E-state index in [1.165, 1.54) is 12.1 Å². The molecular formula is C17H16FNO. The van der Waals surface area contributed by atoms with Crippen molar-refractivity contribution in [2.45, 2.75) is 25.3 Å². The van der Waals surface area contributed by atoms with Gasteiger partial charge in [0.05, 0.1) is 5.54 Å². The number of carbonyl (C=O) groups excluding carboxylic acids is 1. The molecule has 3 rings (SSSR count). The van der Waals surface area contributed by atoms with Gasteiger partial charge in [-0.2, -0.15) is 0 Å². The van der Waals surface area contributed by atoms with Crippen LogP contribution >= 0.6 is 0 Å². The normalized spacial score (nSPS) is 15.7. The molecule has 1 aliphatic rings. The first-order valence-corrected chi connectivity index (χ1v) is 6.74. The van der Waals surface area contributed by atoms with Gasteiger partial charge in [-0.1, -0.05) is 29.8 Å². The zero-order chi connectivity index (χ0) is 14.2. The van der Waals surface area contributed by atoms with Gasteiger partial charge in [-0.05, 0) is 49.6 Å². The Kier molecular flexibility index (Phi) is 3.05. The molecule has 3 heteroatoms. The van der Waals surface area contributed by atoms with Crippen LogP contribution in [0.5, 0.6) is 0 Å². The molecule has 0 bridgehead atoms. The van der Waals surface area contributed by atoms with E-state index in [0.717, 1.165) is 24.0 Å². The molecule has 0 heterocycles. The molecule has 1 fully saturated rings. The Labute approximate surface area is 117 Å². The first kappa shape index (κ1) is 12.9. The van der Waals surface area contributed by atoms with Crippen LogP contribution in [0.15, 0.2) is 48.5 Å². The summed E-state index contributed by atoms with van der Waals surface area (Å²) in [6, 6.07) is 13.9. The molecule has 1 N–H and O–H groups in total. The van der Waals surface area contributed by atoms with Crippen LogP contribution in [-0.4, -0.2) is 5.91 Å². The maximum absolute atomic E-state index is 13.0. The van der Waals surface area contributed by atoms with Crippen LogP contribution < -0.4 is 5.32 Å². The molecule has 2 aromatic carbocycles. The molecule has 102 valence electrons. The van der Waals surface area contributed by atoms with E-state index >= 15 is 0 Å². The Hall–Kier alpha value is -2.16. The molecule has 1 amide bonds. The fourth-order valence-corrected chi connectivity index (χ4v) is 2.37. The lowest BCUT2D eigenvalue weighted by Gasteiger charge is -2.18. The number of benzene rings is 2. The molecule has 0 unspecified atom stereocenters. The van der Waals surface area contributed by atoms with E-state index in [4.69, 9.17) is 0 Å². The summed E-state index contributed by atoms with van der Waals surface area (Å²) in [6.45, 7) is 1.99. The second-order valence-electron chi connectivity index (χ2n) is 5.41. The fraction of sp³-hybridized carbons (Fsp3) is 0.235. The summed E-state index contributed by atoms with van der Waals surface area (Å²) in [5.41, 5.74) is 2.44. The fourth-order valence-electron chi connectivity index (χ4n) is 2.37. The predicted octanol–water partition coefficient (Wildman–Crippen LogP) is 3.55. The Bertz CT molecular complexity index is 627. The molecular weight excluding hydrogens is 253 g/mol. The van der Waals surface area contributed by atoms with Crippen LogP contribution in [0.1, 0.15) is 34.3 Å². The van der Waals surface area contributed by atoms with Crippen LogP contribution in [0, 0.1) is 12.7 Å².